The van der Waals surface area contributed by atoms with Crippen LogP contribution in [-0.2, 0) is 10.0 Å². The molecule has 1 fully saturated rings. The SMILES string of the molecule is O=C(O)c1ncsc1S(=O)(=O)NCC1CCCC1O. The summed E-state index contributed by atoms with van der Waals surface area (Å²) in [4.78, 5) is 14.4. The van der Waals surface area contributed by atoms with Gasteiger partial charge >= 0.3 is 5.97 Å². The Balaban J connectivity index is 2.10. The molecule has 0 radical (unpaired) electrons. The number of aromatic carboxylic acids is 1. The van der Waals surface area contributed by atoms with Gasteiger partial charge in [-0.25, -0.2) is 22.9 Å². The summed E-state index contributed by atoms with van der Waals surface area (Å²) in [6.07, 6.45) is 1.81. The fourth-order valence-corrected chi connectivity index (χ4v) is 4.38. The molecule has 3 N–H and O–H groups in total. The molecule has 0 aliphatic heterocycles. The smallest absolute Gasteiger partial charge is 0.356 e. The van der Waals surface area contributed by atoms with E-state index in [4.69, 9.17) is 5.11 Å². The van der Waals surface area contributed by atoms with Gasteiger partial charge in [0.15, 0.2) is 9.90 Å². The average Bonchev–Trinajstić information content (AvgIpc) is 2.95. The maximum Gasteiger partial charge on any atom is 0.356 e. The maximum atomic E-state index is 12.0. The van der Waals surface area contributed by atoms with E-state index in [1.165, 1.54) is 5.51 Å². The number of sulfonamides is 1. The van der Waals surface area contributed by atoms with E-state index in [1.54, 1.807) is 0 Å². The Morgan fingerprint density at radius 3 is 2.84 bits per heavy atom. The highest BCUT2D eigenvalue weighted by atomic mass is 32.2. The highest BCUT2D eigenvalue weighted by Gasteiger charge is 2.29. The zero-order valence-corrected chi connectivity index (χ0v) is 11.6. The molecule has 1 saturated carbocycles. The normalized spacial score (nSPS) is 23.6. The summed E-state index contributed by atoms with van der Waals surface area (Å²) < 4.78 is 26.0. The number of carbonyl (C=O) groups is 1. The molecule has 106 valence electrons. The largest absolute Gasteiger partial charge is 0.476 e. The molecule has 0 saturated heterocycles. The average molecular weight is 306 g/mol. The van der Waals surface area contributed by atoms with Crippen LogP contribution in [0.2, 0.25) is 0 Å². The highest BCUT2D eigenvalue weighted by molar-refractivity contribution is 7.91. The van der Waals surface area contributed by atoms with Gasteiger partial charge in [0.1, 0.15) is 0 Å². The first kappa shape index (κ1) is 14.4. The van der Waals surface area contributed by atoms with E-state index < -0.39 is 27.8 Å². The molecule has 0 amide bonds. The van der Waals surface area contributed by atoms with Crippen LogP contribution >= 0.6 is 11.3 Å². The highest BCUT2D eigenvalue weighted by Crippen LogP contribution is 2.26. The zero-order valence-electron chi connectivity index (χ0n) is 9.94. The molecule has 0 bridgehead atoms. The Kier molecular flexibility index (Phi) is 4.19. The fraction of sp³-hybridized carbons (Fsp3) is 0.600. The summed E-state index contributed by atoms with van der Waals surface area (Å²) in [5.41, 5.74) is 0.715. The predicted octanol–water partition coefficient (Wildman–Crippen LogP) is 0.281. The molecule has 1 aliphatic rings. The van der Waals surface area contributed by atoms with E-state index in [-0.39, 0.29) is 16.7 Å². The van der Waals surface area contributed by atoms with Crippen molar-refractivity contribution < 1.29 is 23.4 Å². The second-order valence-electron chi connectivity index (χ2n) is 4.40. The van der Waals surface area contributed by atoms with Crippen molar-refractivity contribution >= 4 is 27.3 Å². The van der Waals surface area contributed by atoms with Gasteiger partial charge in [-0.15, -0.1) is 11.3 Å². The number of carboxylic acid groups (broad SMARTS) is 1. The van der Waals surface area contributed by atoms with E-state index >= 15 is 0 Å². The maximum absolute atomic E-state index is 12.0. The number of nitrogens with one attached hydrogen (secondary N) is 1. The number of rotatable bonds is 5. The third-order valence-electron chi connectivity index (χ3n) is 3.14. The van der Waals surface area contributed by atoms with Gasteiger partial charge in [0.2, 0.25) is 0 Å². The van der Waals surface area contributed by atoms with Crippen molar-refractivity contribution in [2.75, 3.05) is 6.54 Å². The lowest BCUT2D eigenvalue weighted by Crippen LogP contribution is -2.32. The number of aliphatic hydroxyl groups excluding tert-OH is 1. The summed E-state index contributed by atoms with van der Waals surface area (Å²) in [7, 11) is -3.89. The van der Waals surface area contributed by atoms with Gasteiger partial charge in [-0.2, -0.15) is 0 Å². The van der Waals surface area contributed by atoms with Crippen molar-refractivity contribution in [1.82, 2.24) is 9.71 Å². The van der Waals surface area contributed by atoms with Gasteiger partial charge in [-0.05, 0) is 18.8 Å². The lowest BCUT2D eigenvalue weighted by molar-refractivity contribution is 0.0687. The molecular weight excluding hydrogens is 292 g/mol. The Labute approximate surface area is 114 Å². The van der Waals surface area contributed by atoms with Crippen LogP contribution in [-0.4, -0.2) is 42.2 Å². The van der Waals surface area contributed by atoms with E-state index in [1.807, 2.05) is 0 Å². The minimum atomic E-state index is -3.89. The molecule has 2 atom stereocenters. The molecule has 1 aliphatic carbocycles. The Morgan fingerprint density at radius 2 is 2.26 bits per heavy atom. The molecule has 1 aromatic rings. The van der Waals surface area contributed by atoms with Gasteiger partial charge < -0.3 is 10.2 Å². The van der Waals surface area contributed by atoms with Crippen molar-refractivity contribution in [2.24, 2.45) is 5.92 Å². The first-order valence-electron chi connectivity index (χ1n) is 5.76. The van der Waals surface area contributed by atoms with Gasteiger partial charge in [-0.1, -0.05) is 6.42 Å². The minimum Gasteiger partial charge on any atom is -0.476 e. The minimum absolute atomic E-state index is 0.112. The van der Waals surface area contributed by atoms with Crippen LogP contribution in [0.5, 0.6) is 0 Å². The lowest BCUT2D eigenvalue weighted by Gasteiger charge is -2.14. The number of aliphatic hydroxyl groups is 1. The molecular formula is C10H14N2O5S2. The third-order valence-corrected chi connectivity index (χ3v) is 5.93. The summed E-state index contributed by atoms with van der Waals surface area (Å²) in [6.45, 7) is 0.112. The van der Waals surface area contributed by atoms with Crippen LogP contribution < -0.4 is 4.72 Å². The Hall–Kier alpha value is -1.03. The number of hydrogen-bond acceptors (Lipinski definition) is 6. The zero-order chi connectivity index (χ0) is 14.0. The van der Waals surface area contributed by atoms with Crippen LogP contribution in [0.1, 0.15) is 29.8 Å². The lowest BCUT2D eigenvalue weighted by atomic mass is 10.1. The molecule has 9 heteroatoms. The van der Waals surface area contributed by atoms with E-state index in [9.17, 15) is 18.3 Å². The standard InChI is InChI=1S/C10H14N2O5S2/c13-7-3-1-2-6(7)4-12-19(16,17)10-8(9(14)15)11-5-18-10/h5-7,12-13H,1-4H2,(H,14,15). The summed E-state index contributed by atoms with van der Waals surface area (Å²) in [5, 5.41) is 18.5. The van der Waals surface area contributed by atoms with Crippen LogP contribution in [0.4, 0.5) is 0 Å². The second-order valence-corrected chi connectivity index (χ2v) is 7.22. The van der Waals surface area contributed by atoms with Gasteiger partial charge in [0.05, 0.1) is 11.6 Å². The molecule has 7 nitrogen and oxygen atoms in total. The second kappa shape index (κ2) is 5.53. The summed E-state index contributed by atoms with van der Waals surface area (Å²) in [6, 6.07) is 0. The van der Waals surface area contributed by atoms with Crippen LogP contribution in [0, 0.1) is 5.92 Å². The van der Waals surface area contributed by atoms with Gasteiger partial charge in [0.25, 0.3) is 10.0 Å². The number of thiazole rings is 1. The van der Waals surface area contributed by atoms with E-state index in [0.29, 0.717) is 6.42 Å². The van der Waals surface area contributed by atoms with E-state index in [0.717, 1.165) is 24.2 Å². The summed E-state index contributed by atoms with van der Waals surface area (Å²) >= 11 is 0.763. The monoisotopic (exact) mass is 306 g/mol. The number of nitrogens with zero attached hydrogens (tertiary/aromatic N) is 1. The number of hydrogen-bond donors (Lipinski definition) is 3. The molecule has 0 spiro atoms. The predicted molar refractivity (Wildman–Crippen MR) is 67.6 cm³/mol. The fourth-order valence-electron chi connectivity index (χ4n) is 2.11. The molecule has 2 unspecified atom stereocenters. The molecule has 1 heterocycles. The van der Waals surface area contributed by atoms with Crippen molar-refractivity contribution in [3.05, 3.63) is 11.2 Å². The Bertz CT molecular complexity index is 568. The molecule has 19 heavy (non-hydrogen) atoms. The Morgan fingerprint density at radius 1 is 1.53 bits per heavy atom. The molecule has 2 rings (SSSR count). The van der Waals surface area contributed by atoms with E-state index in [2.05, 4.69) is 9.71 Å². The van der Waals surface area contributed by atoms with Gasteiger partial charge in [-0.3, -0.25) is 0 Å². The van der Waals surface area contributed by atoms with Crippen molar-refractivity contribution in [3.8, 4) is 0 Å². The van der Waals surface area contributed by atoms with Crippen LogP contribution in [0.15, 0.2) is 9.72 Å². The third kappa shape index (κ3) is 3.11. The van der Waals surface area contributed by atoms with Crippen molar-refractivity contribution in [2.45, 2.75) is 29.6 Å². The quantitative estimate of drug-likeness (QED) is 0.719. The first-order chi connectivity index (χ1) is 8.92. The number of aromatic nitrogens is 1. The van der Waals surface area contributed by atoms with Crippen molar-refractivity contribution in [1.29, 1.82) is 0 Å². The van der Waals surface area contributed by atoms with Crippen LogP contribution in [0.25, 0.3) is 0 Å². The van der Waals surface area contributed by atoms with Crippen LogP contribution in [0.3, 0.4) is 0 Å². The molecule has 0 aromatic carbocycles. The first-order valence-corrected chi connectivity index (χ1v) is 8.12. The number of carboxylic acids is 1. The summed E-state index contributed by atoms with van der Waals surface area (Å²) in [5.74, 6) is -1.49. The topological polar surface area (TPSA) is 117 Å². The van der Waals surface area contributed by atoms with Crippen molar-refractivity contribution in [3.63, 3.8) is 0 Å². The molecule has 1 aromatic heterocycles. The van der Waals surface area contributed by atoms with Gasteiger partial charge in [0, 0.05) is 6.54 Å².